The predicted molar refractivity (Wildman–Crippen MR) is 37.8 cm³/mol. The van der Waals surface area contributed by atoms with E-state index >= 15 is 0 Å². The summed E-state index contributed by atoms with van der Waals surface area (Å²) in [6.45, 7) is 0. The Morgan fingerprint density at radius 3 is 3.00 bits per heavy atom. The van der Waals surface area contributed by atoms with Gasteiger partial charge in [0.2, 0.25) is 0 Å². The Bertz CT molecular complexity index is 392. The molecule has 1 heterocycles. The monoisotopic (exact) mass is 152 g/mol. The minimum absolute atomic E-state index is 0.162. The molecule has 0 fully saturated rings. The molecule has 2 rings (SSSR count). The summed E-state index contributed by atoms with van der Waals surface area (Å²) in [7, 11) is 0. The van der Waals surface area contributed by atoms with Gasteiger partial charge in [-0.1, -0.05) is 0 Å². The van der Waals surface area contributed by atoms with Crippen molar-refractivity contribution in [1.82, 2.24) is 0 Å². The molecule has 1 aromatic carbocycles. The van der Waals surface area contributed by atoms with Gasteiger partial charge in [-0.2, -0.15) is 0 Å². The first-order chi connectivity index (χ1) is 5.27. The Balaban J connectivity index is 2.91. The molecule has 0 bridgehead atoms. The van der Waals surface area contributed by atoms with Crippen LogP contribution in [0.5, 0.6) is 5.75 Å². The Morgan fingerprint density at radius 1 is 1.36 bits per heavy atom. The minimum atomic E-state index is -0.462. The maximum Gasteiger partial charge on any atom is 0.175 e. The van der Waals surface area contributed by atoms with Crippen LogP contribution in [0.3, 0.4) is 0 Å². The molecule has 56 valence electrons. The number of hydrogen-bond donors (Lipinski definition) is 1. The first kappa shape index (κ1) is 6.22. The standard InChI is InChI=1S/C8H5FO2/c9-6-3-5-1-2-11-8(5)7(10)4-6/h1-4,10H. The fraction of sp³-hybridized carbons (Fsp3) is 0. The van der Waals surface area contributed by atoms with Crippen molar-refractivity contribution in [2.45, 2.75) is 0 Å². The van der Waals surface area contributed by atoms with Gasteiger partial charge in [-0.15, -0.1) is 0 Å². The molecule has 1 N–H and O–H groups in total. The van der Waals surface area contributed by atoms with Crippen molar-refractivity contribution in [1.29, 1.82) is 0 Å². The molecular weight excluding hydrogens is 147 g/mol. The minimum Gasteiger partial charge on any atom is -0.504 e. The topological polar surface area (TPSA) is 33.4 Å². The number of rotatable bonds is 0. The third-order valence-corrected chi connectivity index (χ3v) is 1.50. The first-order valence-corrected chi connectivity index (χ1v) is 3.13. The molecule has 0 unspecified atom stereocenters. The van der Waals surface area contributed by atoms with Crippen LogP contribution < -0.4 is 0 Å². The zero-order valence-electron chi connectivity index (χ0n) is 5.54. The van der Waals surface area contributed by atoms with E-state index in [2.05, 4.69) is 0 Å². The van der Waals surface area contributed by atoms with Crippen LogP contribution in [0.4, 0.5) is 4.39 Å². The van der Waals surface area contributed by atoms with Crippen LogP contribution in [-0.2, 0) is 0 Å². The Hall–Kier alpha value is -1.51. The summed E-state index contributed by atoms with van der Waals surface area (Å²) >= 11 is 0. The van der Waals surface area contributed by atoms with Gasteiger partial charge in [-0.05, 0) is 12.1 Å². The van der Waals surface area contributed by atoms with Crippen molar-refractivity contribution in [3.05, 3.63) is 30.3 Å². The molecule has 0 aliphatic carbocycles. The fourth-order valence-corrected chi connectivity index (χ4v) is 1.03. The van der Waals surface area contributed by atoms with E-state index in [-0.39, 0.29) is 5.75 Å². The molecule has 1 aromatic heterocycles. The van der Waals surface area contributed by atoms with Crippen LogP contribution in [0.1, 0.15) is 0 Å². The summed E-state index contributed by atoms with van der Waals surface area (Å²) in [6, 6.07) is 3.92. The van der Waals surface area contributed by atoms with Crippen molar-refractivity contribution in [2.75, 3.05) is 0 Å². The number of phenols is 1. The second kappa shape index (κ2) is 1.99. The molecule has 2 nitrogen and oxygen atoms in total. The van der Waals surface area contributed by atoms with Gasteiger partial charge in [0.15, 0.2) is 11.3 Å². The number of hydrogen-bond acceptors (Lipinski definition) is 2. The molecular formula is C8H5FO2. The van der Waals surface area contributed by atoms with Crippen LogP contribution in [0, 0.1) is 5.82 Å². The number of aromatic hydroxyl groups is 1. The Kier molecular flexibility index (Phi) is 1.12. The highest BCUT2D eigenvalue weighted by Gasteiger charge is 2.04. The number of fused-ring (bicyclic) bond motifs is 1. The Labute approximate surface area is 61.9 Å². The lowest BCUT2D eigenvalue weighted by Crippen LogP contribution is -1.72. The Morgan fingerprint density at radius 2 is 2.18 bits per heavy atom. The maximum atomic E-state index is 12.6. The van der Waals surface area contributed by atoms with Gasteiger partial charge in [0.05, 0.1) is 6.26 Å². The molecule has 0 atom stereocenters. The summed E-state index contributed by atoms with van der Waals surface area (Å²) < 4.78 is 17.5. The van der Waals surface area contributed by atoms with E-state index in [9.17, 15) is 4.39 Å². The van der Waals surface area contributed by atoms with Crippen molar-refractivity contribution >= 4 is 11.0 Å². The van der Waals surface area contributed by atoms with Gasteiger partial charge < -0.3 is 9.52 Å². The number of benzene rings is 1. The molecule has 2 aromatic rings. The van der Waals surface area contributed by atoms with Crippen molar-refractivity contribution < 1.29 is 13.9 Å². The third kappa shape index (κ3) is 0.852. The molecule has 0 saturated carbocycles. The van der Waals surface area contributed by atoms with E-state index in [1.54, 1.807) is 6.07 Å². The van der Waals surface area contributed by atoms with Gasteiger partial charge in [-0.25, -0.2) is 4.39 Å². The first-order valence-electron chi connectivity index (χ1n) is 3.13. The maximum absolute atomic E-state index is 12.6. The van der Waals surface area contributed by atoms with E-state index in [0.29, 0.717) is 11.0 Å². The lowest BCUT2D eigenvalue weighted by atomic mass is 10.2. The quantitative estimate of drug-likeness (QED) is 0.628. The van der Waals surface area contributed by atoms with Gasteiger partial charge in [0, 0.05) is 11.5 Å². The van der Waals surface area contributed by atoms with E-state index in [1.165, 1.54) is 12.3 Å². The zero-order chi connectivity index (χ0) is 7.84. The van der Waals surface area contributed by atoms with Gasteiger partial charge in [0.1, 0.15) is 5.82 Å². The molecule has 0 radical (unpaired) electrons. The van der Waals surface area contributed by atoms with Crippen LogP contribution >= 0.6 is 0 Å². The van der Waals surface area contributed by atoms with E-state index in [4.69, 9.17) is 9.52 Å². The van der Waals surface area contributed by atoms with E-state index in [1.807, 2.05) is 0 Å². The van der Waals surface area contributed by atoms with Gasteiger partial charge in [-0.3, -0.25) is 0 Å². The average molecular weight is 152 g/mol. The SMILES string of the molecule is Oc1cc(F)cc2ccoc12. The zero-order valence-corrected chi connectivity index (χ0v) is 5.54. The molecule has 0 amide bonds. The van der Waals surface area contributed by atoms with Crippen LogP contribution in [0.25, 0.3) is 11.0 Å². The highest BCUT2D eigenvalue weighted by atomic mass is 19.1. The lowest BCUT2D eigenvalue weighted by molar-refractivity contribution is 0.460. The summed E-state index contributed by atoms with van der Waals surface area (Å²) in [6.07, 6.45) is 1.41. The van der Waals surface area contributed by atoms with Gasteiger partial charge in [0.25, 0.3) is 0 Å². The summed E-state index contributed by atoms with van der Waals surface area (Å²) in [5, 5.41) is 9.68. The predicted octanol–water partition coefficient (Wildman–Crippen LogP) is 2.28. The largest absolute Gasteiger partial charge is 0.504 e. The van der Waals surface area contributed by atoms with Crippen molar-refractivity contribution in [2.24, 2.45) is 0 Å². The molecule has 0 spiro atoms. The summed E-state index contributed by atoms with van der Waals surface area (Å²) in [5.41, 5.74) is 0.325. The van der Waals surface area contributed by atoms with Crippen LogP contribution in [0.15, 0.2) is 28.9 Å². The van der Waals surface area contributed by atoms with Crippen LogP contribution in [0.2, 0.25) is 0 Å². The van der Waals surface area contributed by atoms with Crippen molar-refractivity contribution in [3.63, 3.8) is 0 Å². The summed E-state index contributed by atoms with van der Waals surface area (Å²) in [5.74, 6) is -0.624. The molecule has 0 aliphatic heterocycles. The lowest BCUT2D eigenvalue weighted by Gasteiger charge is -1.92. The second-order valence-corrected chi connectivity index (χ2v) is 2.26. The van der Waals surface area contributed by atoms with Crippen molar-refractivity contribution in [3.8, 4) is 5.75 Å². The molecule has 0 saturated heterocycles. The normalized spacial score (nSPS) is 10.6. The number of furan rings is 1. The van der Waals surface area contributed by atoms with Gasteiger partial charge >= 0.3 is 0 Å². The molecule has 11 heavy (non-hydrogen) atoms. The smallest absolute Gasteiger partial charge is 0.175 e. The molecule has 0 aliphatic rings. The highest BCUT2D eigenvalue weighted by molar-refractivity contribution is 5.82. The third-order valence-electron chi connectivity index (χ3n) is 1.50. The highest BCUT2D eigenvalue weighted by Crippen LogP contribution is 2.26. The molecule has 3 heteroatoms. The second-order valence-electron chi connectivity index (χ2n) is 2.26. The van der Waals surface area contributed by atoms with E-state index < -0.39 is 5.82 Å². The summed E-state index contributed by atoms with van der Waals surface area (Å²) in [4.78, 5) is 0. The van der Waals surface area contributed by atoms with Crippen LogP contribution in [-0.4, -0.2) is 5.11 Å². The van der Waals surface area contributed by atoms with E-state index in [0.717, 1.165) is 6.07 Å². The average Bonchev–Trinajstić information content (AvgIpc) is 2.34. The number of phenolic OH excluding ortho intramolecular Hbond substituents is 1. The fourth-order valence-electron chi connectivity index (χ4n) is 1.03. The number of halogens is 1.